The minimum atomic E-state index is -4.00. The molecule has 2 heterocycles. The molecule has 1 amide bonds. The van der Waals surface area contributed by atoms with Gasteiger partial charge in [0.1, 0.15) is 5.75 Å². The number of nitrogens with zero attached hydrogens (tertiary/aromatic N) is 2. The van der Waals surface area contributed by atoms with Gasteiger partial charge in [0.05, 0.1) is 13.2 Å². The van der Waals surface area contributed by atoms with Crippen LogP contribution in [0, 0.1) is 0 Å². The molecule has 2 aromatic rings. The molecule has 2 aliphatic rings. The number of hydrogen-bond donors (Lipinski definition) is 1. The van der Waals surface area contributed by atoms with Gasteiger partial charge < -0.3 is 14.2 Å². The summed E-state index contributed by atoms with van der Waals surface area (Å²) < 4.78 is 38.0. The van der Waals surface area contributed by atoms with Gasteiger partial charge >= 0.3 is 10.3 Å². The quantitative estimate of drug-likeness (QED) is 0.597. The number of amides is 1. The average molecular weight is 526 g/mol. The van der Waals surface area contributed by atoms with E-state index in [-0.39, 0.29) is 29.9 Å². The van der Waals surface area contributed by atoms with Crippen LogP contribution in [0.3, 0.4) is 0 Å². The number of hydrogen-bond acceptors (Lipinski definition) is 6. The van der Waals surface area contributed by atoms with Crippen LogP contribution in [0.25, 0.3) is 0 Å². The molecule has 0 spiro atoms. The van der Waals surface area contributed by atoms with Gasteiger partial charge in [-0.2, -0.15) is 12.7 Å². The molecule has 0 saturated carbocycles. The minimum Gasteiger partial charge on any atom is -0.379 e. The van der Waals surface area contributed by atoms with Crippen molar-refractivity contribution in [2.75, 3.05) is 33.4 Å². The highest BCUT2D eigenvalue weighted by molar-refractivity contribution is 9.10. The van der Waals surface area contributed by atoms with E-state index in [1.165, 1.54) is 15.3 Å². The second-order valence-electron chi connectivity index (χ2n) is 7.13. The van der Waals surface area contributed by atoms with Gasteiger partial charge in [0.25, 0.3) is 5.91 Å². The largest absolute Gasteiger partial charge is 0.385 e. The Morgan fingerprint density at radius 2 is 1.77 bits per heavy atom. The lowest BCUT2D eigenvalue weighted by Gasteiger charge is -2.29. The Balaban J connectivity index is 1.76. The lowest BCUT2D eigenvalue weighted by atomic mass is 9.82. The van der Waals surface area contributed by atoms with E-state index in [0.717, 1.165) is 4.47 Å². The predicted octanol–water partition coefficient (Wildman–Crippen LogP) is 2.00. The third-order valence-corrected chi connectivity index (χ3v) is 7.51. The number of thiocarbonyl (C=S) groups is 1. The summed E-state index contributed by atoms with van der Waals surface area (Å²) in [6.07, 6.45) is 0. The summed E-state index contributed by atoms with van der Waals surface area (Å²) in [7, 11) is -2.40. The number of halogens is 1. The maximum atomic E-state index is 13.4. The Morgan fingerprint density at radius 3 is 2.39 bits per heavy atom. The van der Waals surface area contributed by atoms with Crippen molar-refractivity contribution in [1.82, 2.24) is 14.5 Å². The third-order valence-electron chi connectivity index (χ3n) is 5.24. The van der Waals surface area contributed by atoms with Crippen molar-refractivity contribution in [3.63, 3.8) is 0 Å². The first-order chi connectivity index (χ1) is 14.7. The van der Waals surface area contributed by atoms with Gasteiger partial charge in [-0.1, -0.05) is 40.2 Å². The number of rotatable bonds is 5. The summed E-state index contributed by atoms with van der Waals surface area (Å²) in [5.41, 5.74) is -0.138. The molecule has 2 aliphatic heterocycles. The molecule has 164 valence electrons. The molecule has 2 saturated heterocycles. The zero-order chi connectivity index (χ0) is 22.2. The zero-order valence-corrected chi connectivity index (χ0v) is 19.8. The SMILES string of the molecule is CN1C(=O)C(c2cccc(Br)c2)(c2cccc(OS(=O)(=O)N3CCOCC3)c2)NC1=S. The maximum Gasteiger partial charge on any atom is 0.385 e. The Hall–Kier alpha value is -2.05. The summed E-state index contributed by atoms with van der Waals surface area (Å²) in [5.74, 6) is -0.169. The molecule has 8 nitrogen and oxygen atoms in total. The van der Waals surface area contributed by atoms with Gasteiger partial charge in [-0.25, -0.2) is 0 Å². The topological polar surface area (TPSA) is 88.2 Å². The molecular formula is C20H20BrN3O5S2. The Morgan fingerprint density at radius 1 is 1.13 bits per heavy atom. The molecule has 1 N–H and O–H groups in total. The number of morpholine rings is 1. The Labute approximate surface area is 194 Å². The lowest BCUT2D eigenvalue weighted by molar-refractivity contribution is -0.129. The van der Waals surface area contributed by atoms with Crippen molar-refractivity contribution in [2.24, 2.45) is 0 Å². The van der Waals surface area contributed by atoms with E-state index in [1.807, 2.05) is 24.3 Å². The first-order valence-corrected chi connectivity index (χ1v) is 12.0. The Kier molecular flexibility index (Phi) is 6.05. The van der Waals surface area contributed by atoms with Crippen LogP contribution in [0.15, 0.2) is 53.0 Å². The fourth-order valence-electron chi connectivity index (χ4n) is 3.65. The van der Waals surface area contributed by atoms with Crippen LogP contribution in [0.2, 0.25) is 0 Å². The molecule has 1 atom stereocenters. The monoisotopic (exact) mass is 525 g/mol. The fraction of sp³-hybridized carbons (Fsp3) is 0.300. The summed E-state index contributed by atoms with van der Waals surface area (Å²) >= 11 is 8.79. The van der Waals surface area contributed by atoms with Gasteiger partial charge in [0.15, 0.2) is 10.7 Å². The highest BCUT2D eigenvalue weighted by Crippen LogP contribution is 2.38. The molecule has 31 heavy (non-hydrogen) atoms. The predicted molar refractivity (Wildman–Crippen MR) is 122 cm³/mol. The first-order valence-electron chi connectivity index (χ1n) is 9.48. The lowest BCUT2D eigenvalue weighted by Crippen LogP contribution is -2.45. The van der Waals surface area contributed by atoms with Crippen LogP contribution >= 0.6 is 28.1 Å². The van der Waals surface area contributed by atoms with E-state index in [9.17, 15) is 13.2 Å². The van der Waals surface area contributed by atoms with Crippen molar-refractivity contribution < 1.29 is 22.1 Å². The van der Waals surface area contributed by atoms with Gasteiger partial charge in [-0.3, -0.25) is 9.69 Å². The number of carbonyl (C=O) groups is 1. The maximum absolute atomic E-state index is 13.4. The van der Waals surface area contributed by atoms with Crippen LogP contribution in [0.1, 0.15) is 11.1 Å². The summed E-state index contributed by atoms with van der Waals surface area (Å²) in [6, 6.07) is 13.8. The van der Waals surface area contributed by atoms with E-state index >= 15 is 0 Å². The van der Waals surface area contributed by atoms with Crippen LogP contribution in [0.5, 0.6) is 5.75 Å². The average Bonchev–Trinajstić information content (AvgIpc) is 2.99. The van der Waals surface area contributed by atoms with Crippen molar-refractivity contribution >= 4 is 49.5 Å². The molecular weight excluding hydrogens is 506 g/mol. The molecule has 0 bridgehead atoms. The summed E-state index contributed by atoms with van der Waals surface area (Å²) in [4.78, 5) is 14.7. The minimum absolute atomic E-state index is 0.105. The first kappa shape index (κ1) is 22.2. The van der Waals surface area contributed by atoms with Crippen LogP contribution in [-0.2, 0) is 25.4 Å². The van der Waals surface area contributed by atoms with E-state index in [4.69, 9.17) is 21.1 Å². The normalized spacial score (nSPS) is 22.5. The van der Waals surface area contributed by atoms with Crippen molar-refractivity contribution in [3.8, 4) is 5.75 Å². The molecule has 0 aliphatic carbocycles. The van der Waals surface area contributed by atoms with Crippen LogP contribution in [0.4, 0.5) is 0 Å². The van der Waals surface area contributed by atoms with E-state index in [0.29, 0.717) is 24.3 Å². The summed E-state index contributed by atoms with van der Waals surface area (Å²) in [6.45, 7) is 1.08. The molecule has 0 aromatic heterocycles. The molecule has 4 rings (SSSR count). The van der Waals surface area contributed by atoms with Crippen molar-refractivity contribution in [1.29, 1.82) is 0 Å². The highest BCUT2D eigenvalue weighted by Gasteiger charge is 2.51. The molecule has 2 fully saturated rings. The van der Waals surface area contributed by atoms with Gasteiger partial charge in [0, 0.05) is 24.6 Å². The van der Waals surface area contributed by atoms with Gasteiger partial charge in [-0.05, 0) is 47.6 Å². The number of likely N-dealkylation sites (N-methyl/N-ethyl adjacent to an activating group) is 1. The second-order valence-corrected chi connectivity index (χ2v) is 9.98. The molecule has 2 aromatic carbocycles. The summed E-state index contributed by atoms with van der Waals surface area (Å²) in [5, 5.41) is 3.41. The van der Waals surface area contributed by atoms with Gasteiger partial charge in [0.2, 0.25) is 0 Å². The third kappa shape index (κ3) is 4.08. The smallest absolute Gasteiger partial charge is 0.379 e. The molecule has 1 unspecified atom stereocenters. The number of ether oxygens (including phenoxy) is 1. The van der Waals surface area contributed by atoms with Crippen molar-refractivity contribution in [2.45, 2.75) is 5.54 Å². The molecule has 11 heteroatoms. The van der Waals surface area contributed by atoms with Crippen LogP contribution < -0.4 is 9.50 Å². The van der Waals surface area contributed by atoms with E-state index in [2.05, 4.69) is 21.2 Å². The van der Waals surface area contributed by atoms with Crippen molar-refractivity contribution in [3.05, 3.63) is 64.1 Å². The number of benzene rings is 2. The second kappa shape index (κ2) is 8.47. The standard InChI is InChI=1S/C20H20BrN3O5S2/c1-23-18(25)20(22-19(23)30,14-4-2-6-16(21)12-14)15-5-3-7-17(13-15)29-31(26,27)24-8-10-28-11-9-24/h2-7,12-13H,8-11H2,1H3,(H,22,30). The number of carbonyl (C=O) groups excluding carboxylic acids is 1. The molecule has 0 radical (unpaired) electrons. The zero-order valence-electron chi connectivity index (χ0n) is 16.6. The highest BCUT2D eigenvalue weighted by atomic mass is 79.9. The van der Waals surface area contributed by atoms with Crippen LogP contribution in [-0.4, -0.2) is 62.0 Å². The Bertz CT molecular complexity index is 1140. The fourth-order valence-corrected chi connectivity index (χ4v) is 5.33. The van der Waals surface area contributed by atoms with Gasteiger partial charge in [-0.15, -0.1) is 0 Å². The number of nitrogens with one attached hydrogen (secondary N) is 1. The van der Waals surface area contributed by atoms with E-state index < -0.39 is 15.8 Å². The van der Waals surface area contributed by atoms with E-state index in [1.54, 1.807) is 25.2 Å².